The van der Waals surface area contributed by atoms with E-state index in [-0.39, 0.29) is 6.42 Å². The monoisotopic (exact) mass is 435 g/mol. The van der Waals surface area contributed by atoms with Gasteiger partial charge >= 0.3 is 5.97 Å². The lowest BCUT2D eigenvalue weighted by Crippen LogP contribution is -2.58. The number of aliphatic hydroxyl groups is 2. The Balaban J connectivity index is 2.06. The van der Waals surface area contributed by atoms with Crippen molar-refractivity contribution in [1.82, 2.24) is 20.9 Å². The molecule has 0 aliphatic rings. The third-order valence-electron chi connectivity index (χ3n) is 4.55. The predicted octanol–water partition coefficient (Wildman–Crippen LogP) is -2.81. The van der Waals surface area contributed by atoms with Crippen LogP contribution in [0.4, 0.5) is 0 Å². The molecule has 0 aliphatic carbocycles. The number of fused-ring (bicyclic) bond motifs is 1. The maximum atomic E-state index is 12.5. The van der Waals surface area contributed by atoms with Crippen molar-refractivity contribution in [2.24, 2.45) is 5.73 Å². The van der Waals surface area contributed by atoms with E-state index in [0.29, 0.717) is 5.56 Å². The number of aliphatic carboxylic acids is 1. The molecule has 2 aromatic rings. The molecule has 0 radical (unpaired) electrons. The quantitative estimate of drug-likeness (QED) is 0.184. The van der Waals surface area contributed by atoms with E-state index in [4.69, 9.17) is 5.73 Å². The number of aromatic nitrogens is 1. The van der Waals surface area contributed by atoms with Crippen LogP contribution < -0.4 is 21.7 Å². The number of carboxylic acid groups (broad SMARTS) is 1. The van der Waals surface area contributed by atoms with Crippen molar-refractivity contribution in [1.29, 1.82) is 0 Å². The van der Waals surface area contributed by atoms with Crippen LogP contribution in [0.15, 0.2) is 30.5 Å². The van der Waals surface area contributed by atoms with Gasteiger partial charge in [0.1, 0.15) is 18.1 Å². The second-order valence-corrected chi connectivity index (χ2v) is 6.71. The lowest BCUT2D eigenvalue weighted by molar-refractivity contribution is -0.142. The van der Waals surface area contributed by atoms with E-state index in [1.165, 1.54) is 0 Å². The van der Waals surface area contributed by atoms with Crippen molar-refractivity contribution in [2.75, 3.05) is 19.8 Å². The van der Waals surface area contributed by atoms with E-state index in [1.807, 2.05) is 18.2 Å². The molecular formula is C19H25N5O7. The van der Waals surface area contributed by atoms with Crippen molar-refractivity contribution in [3.63, 3.8) is 0 Å². The predicted molar refractivity (Wildman–Crippen MR) is 109 cm³/mol. The minimum Gasteiger partial charge on any atom is -0.480 e. The Morgan fingerprint density at radius 1 is 0.935 bits per heavy atom. The number of hydrogen-bond donors (Lipinski definition) is 8. The zero-order valence-electron chi connectivity index (χ0n) is 16.5. The van der Waals surface area contributed by atoms with Gasteiger partial charge in [-0.25, -0.2) is 4.79 Å². The van der Waals surface area contributed by atoms with Gasteiger partial charge in [-0.05, 0) is 11.6 Å². The lowest BCUT2D eigenvalue weighted by Gasteiger charge is -2.22. The Kier molecular flexibility index (Phi) is 8.49. The van der Waals surface area contributed by atoms with Crippen LogP contribution in [0.2, 0.25) is 0 Å². The molecular weight excluding hydrogens is 410 g/mol. The highest BCUT2D eigenvalue weighted by Crippen LogP contribution is 2.19. The number of nitrogens with two attached hydrogens (primary N) is 1. The molecule has 1 aromatic heterocycles. The van der Waals surface area contributed by atoms with Crippen LogP contribution in [0.3, 0.4) is 0 Å². The number of aliphatic hydroxyl groups excluding tert-OH is 2. The molecule has 0 saturated heterocycles. The summed E-state index contributed by atoms with van der Waals surface area (Å²) in [4.78, 5) is 50.7. The standard InChI is InChI=1S/C19H25N5O7/c20-6-16(27)22-14(8-25)17(28)24-15(9-26)18(29)23-13(19(30)31)5-10-7-21-12-4-2-1-3-11(10)12/h1-4,7,13-15,21,25-26H,5-6,8-9,20H2,(H,22,27)(H,23,29)(H,24,28)(H,30,31)/t13-,14-,15-/m0/s1. The number of H-pyrrole nitrogens is 1. The normalized spacial score (nSPS) is 13.8. The van der Waals surface area contributed by atoms with Gasteiger partial charge in [-0.1, -0.05) is 18.2 Å². The summed E-state index contributed by atoms with van der Waals surface area (Å²) >= 11 is 0. The molecule has 0 fully saturated rings. The van der Waals surface area contributed by atoms with E-state index in [2.05, 4.69) is 20.9 Å². The molecule has 1 aromatic carbocycles. The van der Waals surface area contributed by atoms with Crippen molar-refractivity contribution in [3.8, 4) is 0 Å². The zero-order valence-corrected chi connectivity index (χ0v) is 16.5. The van der Waals surface area contributed by atoms with Gasteiger partial charge in [-0.2, -0.15) is 0 Å². The Labute approximate surface area is 176 Å². The average molecular weight is 435 g/mol. The molecule has 12 heteroatoms. The van der Waals surface area contributed by atoms with E-state index in [0.717, 1.165) is 10.9 Å². The van der Waals surface area contributed by atoms with Gasteiger partial charge in [0.05, 0.1) is 19.8 Å². The fourth-order valence-corrected chi connectivity index (χ4v) is 2.91. The fraction of sp³-hybridized carbons (Fsp3) is 0.368. The van der Waals surface area contributed by atoms with Crippen LogP contribution in [0, 0.1) is 0 Å². The molecule has 0 unspecified atom stereocenters. The molecule has 0 spiro atoms. The maximum absolute atomic E-state index is 12.5. The van der Waals surface area contributed by atoms with Gasteiger partial charge in [0.25, 0.3) is 0 Å². The fourth-order valence-electron chi connectivity index (χ4n) is 2.91. The summed E-state index contributed by atoms with van der Waals surface area (Å²) in [7, 11) is 0. The number of benzene rings is 1. The van der Waals surface area contributed by atoms with Crippen LogP contribution in [0.5, 0.6) is 0 Å². The summed E-state index contributed by atoms with van der Waals surface area (Å²) in [6.45, 7) is -2.02. The highest BCUT2D eigenvalue weighted by molar-refractivity contribution is 5.94. The number of carbonyl (C=O) groups is 4. The van der Waals surface area contributed by atoms with Gasteiger partial charge < -0.3 is 42.0 Å². The first kappa shape index (κ1) is 23.8. The molecule has 168 valence electrons. The lowest BCUT2D eigenvalue weighted by atomic mass is 10.0. The summed E-state index contributed by atoms with van der Waals surface area (Å²) in [6, 6.07) is 3.04. The van der Waals surface area contributed by atoms with Crippen molar-refractivity contribution in [2.45, 2.75) is 24.5 Å². The van der Waals surface area contributed by atoms with E-state index < -0.39 is 61.6 Å². The number of amides is 3. The van der Waals surface area contributed by atoms with Crippen molar-refractivity contribution >= 4 is 34.6 Å². The summed E-state index contributed by atoms with van der Waals surface area (Å²) < 4.78 is 0. The first-order chi connectivity index (χ1) is 14.8. The average Bonchev–Trinajstić information content (AvgIpc) is 3.17. The molecule has 31 heavy (non-hydrogen) atoms. The minimum absolute atomic E-state index is 0.0387. The molecule has 3 atom stereocenters. The number of carbonyl (C=O) groups excluding carboxylic acids is 3. The maximum Gasteiger partial charge on any atom is 0.326 e. The van der Waals surface area contributed by atoms with Gasteiger partial charge in [0.2, 0.25) is 17.7 Å². The van der Waals surface area contributed by atoms with Crippen molar-refractivity contribution in [3.05, 3.63) is 36.0 Å². The summed E-state index contributed by atoms with van der Waals surface area (Å²) in [5.41, 5.74) is 6.61. The first-order valence-electron chi connectivity index (χ1n) is 9.40. The van der Waals surface area contributed by atoms with Crippen LogP contribution in [-0.4, -0.2) is 81.9 Å². The number of aromatic amines is 1. The second-order valence-electron chi connectivity index (χ2n) is 6.71. The Morgan fingerprint density at radius 3 is 2.10 bits per heavy atom. The van der Waals surface area contributed by atoms with Gasteiger partial charge in [-0.3, -0.25) is 14.4 Å². The molecule has 2 rings (SSSR count). The zero-order chi connectivity index (χ0) is 23.0. The highest BCUT2D eigenvalue weighted by Gasteiger charge is 2.29. The van der Waals surface area contributed by atoms with Crippen LogP contribution >= 0.6 is 0 Å². The Bertz CT molecular complexity index is 945. The molecule has 1 heterocycles. The van der Waals surface area contributed by atoms with Crippen LogP contribution in [-0.2, 0) is 25.6 Å². The summed E-state index contributed by atoms with van der Waals surface area (Å²) in [5.74, 6) is -3.89. The molecule has 3 amide bonds. The van der Waals surface area contributed by atoms with Gasteiger partial charge in [-0.15, -0.1) is 0 Å². The largest absolute Gasteiger partial charge is 0.480 e. The third kappa shape index (κ3) is 6.25. The molecule has 12 nitrogen and oxygen atoms in total. The topological polar surface area (TPSA) is 207 Å². The SMILES string of the molecule is NCC(=O)N[C@@H](CO)C(=O)N[C@@H](CO)C(=O)N[C@@H](Cc1c[nH]c2ccccc12)C(=O)O. The number of rotatable bonds is 11. The Hall–Kier alpha value is -3.48. The minimum atomic E-state index is -1.50. The molecule has 9 N–H and O–H groups in total. The van der Waals surface area contributed by atoms with Crippen LogP contribution in [0.25, 0.3) is 10.9 Å². The summed E-state index contributed by atoms with van der Waals surface area (Å²) in [6.07, 6.45) is 1.60. The molecule has 0 bridgehead atoms. The van der Waals surface area contributed by atoms with E-state index in [9.17, 15) is 34.5 Å². The number of para-hydroxylation sites is 1. The van der Waals surface area contributed by atoms with Gasteiger partial charge in [0.15, 0.2) is 0 Å². The van der Waals surface area contributed by atoms with Crippen LogP contribution in [0.1, 0.15) is 5.56 Å². The molecule has 0 saturated carbocycles. The second kappa shape index (κ2) is 11.1. The number of carboxylic acids is 1. The number of hydrogen-bond acceptors (Lipinski definition) is 7. The molecule has 0 aliphatic heterocycles. The first-order valence-corrected chi connectivity index (χ1v) is 9.40. The highest BCUT2D eigenvalue weighted by atomic mass is 16.4. The van der Waals surface area contributed by atoms with E-state index in [1.54, 1.807) is 12.3 Å². The van der Waals surface area contributed by atoms with Gasteiger partial charge in [0, 0.05) is 23.5 Å². The third-order valence-corrected chi connectivity index (χ3v) is 4.55. The Morgan fingerprint density at radius 2 is 1.52 bits per heavy atom. The smallest absolute Gasteiger partial charge is 0.326 e. The van der Waals surface area contributed by atoms with E-state index >= 15 is 0 Å². The van der Waals surface area contributed by atoms with Crippen molar-refractivity contribution < 1.29 is 34.5 Å². The number of nitrogens with one attached hydrogen (secondary N) is 4. The summed E-state index contributed by atoms with van der Waals surface area (Å²) in [5, 5.41) is 35.7.